The SMILES string of the molecule is O=C1CCCC(CC2CCCCC2)C(=O)OOO1. The molecular weight excluding hydrogens is 236 g/mol. The van der Waals surface area contributed by atoms with Crippen molar-refractivity contribution in [3.63, 3.8) is 0 Å². The van der Waals surface area contributed by atoms with Crippen LogP contribution in [0.25, 0.3) is 0 Å². The van der Waals surface area contributed by atoms with E-state index >= 15 is 0 Å². The van der Waals surface area contributed by atoms with Gasteiger partial charge in [-0.25, -0.2) is 9.59 Å². The van der Waals surface area contributed by atoms with Crippen LogP contribution in [-0.4, -0.2) is 11.9 Å². The van der Waals surface area contributed by atoms with Gasteiger partial charge >= 0.3 is 11.9 Å². The van der Waals surface area contributed by atoms with E-state index in [-0.39, 0.29) is 12.3 Å². The minimum atomic E-state index is -0.485. The van der Waals surface area contributed by atoms with E-state index in [1.165, 1.54) is 32.1 Å². The zero-order valence-electron chi connectivity index (χ0n) is 10.6. The summed E-state index contributed by atoms with van der Waals surface area (Å²) in [7, 11) is 0. The molecule has 2 fully saturated rings. The summed E-state index contributed by atoms with van der Waals surface area (Å²) in [5.41, 5.74) is 0. The highest BCUT2D eigenvalue weighted by molar-refractivity contribution is 5.72. The van der Waals surface area contributed by atoms with Crippen LogP contribution in [-0.2, 0) is 24.4 Å². The molecule has 2 aliphatic rings. The number of carbonyl (C=O) groups excluding carboxylic acids is 2. The molecule has 1 aliphatic carbocycles. The first kappa shape index (κ1) is 13.3. The van der Waals surface area contributed by atoms with Gasteiger partial charge in [0.15, 0.2) is 0 Å². The highest BCUT2D eigenvalue weighted by Crippen LogP contribution is 2.31. The lowest BCUT2D eigenvalue weighted by molar-refractivity contribution is -0.460. The van der Waals surface area contributed by atoms with E-state index in [0.29, 0.717) is 18.8 Å². The topological polar surface area (TPSA) is 61.8 Å². The molecule has 1 saturated heterocycles. The summed E-state index contributed by atoms with van der Waals surface area (Å²) in [5.74, 6) is -0.451. The van der Waals surface area contributed by atoms with Gasteiger partial charge in [0, 0.05) is 11.5 Å². The van der Waals surface area contributed by atoms with Crippen molar-refractivity contribution in [1.82, 2.24) is 0 Å². The van der Waals surface area contributed by atoms with E-state index in [9.17, 15) is 9.59 Å². The molecule has 2 rings (SSSR count). The van der Waals surface area contributed by atoms with Crippen molar-refractivity contribution in [3.8, 4) is 0 Å². The summed E-state index contributed by atoms with van der Waals surface area (Å²) >= 11 is 0. The number of carbonyl (C=O) groups is 2. The Bertz CT molecular complexity index is 296. The van der Waals surface area contributed by atoms with E-state index in [1.54, 1.807) is 0 Å². The highest BCUT2D eigenvalue weighted by Gasteiger charge is 2.28. The lowest BCUT2D eigenvalue weighted by Crippen LogP contribution is -2.21. The average Bonchev–Trinajstić information content (AvgIpc) is 2.44. The van der Waals surface area contributed by atoms with Crippen LogP contribution < -0.4 is 0 Å². The molecule has 5 heteroatoms. The molecule has 0 amide bonds. The van der Waals surface area contributed by atoms with Crippen LogP contribution >= 0.6 is 0 Å². The smallest absolute Gasteiger partial charge is 0.260 e. The van der Waals surface area contributed by atoms with Crippen molar-refractivity contribution in [2.24, 2.45) is 11.8 Å². The van der Waals surface area contributed by atoms with Crippen molar-refractivity contribution < 1.29 is 24.4 Å². The molecule has 0 spiro atoms. The molecule has 5 nitrogen and oxygen atoms in total. The number of hydrogen-bond donors (Lipinski definition) is 0. The quantitative estimate of drug-likeness (QED) is 0.711. The maximum atomic E-state index is 11.8. The van der Waals surface area contributed by atoms with Crippen LogP contribution in [0.2, 0.25) is 0 Å². The average molecular weight is 256 g/mol. The Kier molecular flexibility index (Phi) is 4.99. The highest BCUT2D eigenvalue weighted by atomic mass is 17.5. The monoisotopic (exact) mass is 256 g/mol. The molecule has 1 unspecified atom stereocenters. The maximum Gasteiger partial charge on any atom is 0.349 e. The second-order valence-corrected chi connectivity index (χ2v) is 5.25. The summed E-state index contributed by atoms with van der Waals surface area (Å²) < 4.78 is 0. The van der Waals surface area contributed by atoms with Crippen molar-refractivity contribution in [1.29, 1.82) is 0 Å². The summed E-state index contributed by atoms with van der Waals surface area (Å²) in [5, 5.41) is 4.20. The maximum absolute atomic E-state index is 11.8. The predicted molar refractivity (Wildman–Crippen MR) is 61.8 cm³/mol. The van der Waals surface area contributed by atoms with Gasteiger partial charge < -0.3 is 0 Å². The third-order valence-corrected chi connectivity index (χ3v) is 3.85. The Morgan fingerprint density at radius 1 is 0.944 bits per heavy atom. The molecule has 0 aromatic heterocycles. The first-order valence-corrected chi connectivity index (χ1v) is 6.83. The second kappa shape index (κ2) is 6.73. The first-order chi connectivity index (χ1) is 8.75. The van der Waals surface area contributed by atoms with Crippen LogP contribution in [0.1, 0.15) is 57.8 Å². The Hall–Kier alpha value is -1.10. The molecule has 0 aromatic carbocycles. The minimum absolute atomic E-state index is 0.164. The minimum Gasteiger partial charge on any atom is -0.260 e. The van der Waals surface area contributed by atoms with Gasteiger partial charge in [-0.15, -0.1) is 0 Å². The van der Waals surface area contributed by atoms with Gasteiger partial charge in [-0.3, -0.25) is 9.78 Å². The lowest BCUT2D eigenvalue weighted by Gasteiger charge is -2.24. The summed E-state index contributed by atoms with van der Waals surface area (Å²) in [6, 6.07) is 0. The molecular formula is C13H20O5. The Morgan fingerprint density at radius 2 is 1.72 bits per heavy atom. The van der Waals surface area contributed by atoms with Crippen molar-refractivity contribution in [2.75, 3.05) is 0 Å². The molecule has 0 aromatic rings. The number of rotatable bonds is 2. The van der Waals surface area contributed by atoms with Gasteiger partial charge in [-0.1, -0.05) is 32.1 Å². The zero-order chi connectivity index (χ0) is 12.8. The molecule has 1 heterocycles. The first-order valence-electron chi connectivity index (χ1n) is 6.83. The van der Waals surface area contributed by atoms with E-state index in [1.807, 2.05) is 0 Å². The molecule has 0 N–H and O–H groups in total. The van der Waals surface area contributed by atoms with Gasteiger partial charge in [0.2, 0.25) is 0 Å². The van der Waals surface area contributed by atoms with Gasteiger partial charge in [0.05, 0.1) is 5.92 Å². The zero-order valence-corrected chi connectivity index (χ0v) is 10.6. The van der Waals surface area contributed by atoms with Crippen molar-refractivity contribution in [2.45, 2.75) is 57.8 Å². The van der Waals surface area contributed by atoms with Crippen LogP contribution in [0.5, 0.6) is 0 Å². The largest absolute Gasteiger partial charge is 0.349 e. The van der Waals surface area contributed by atoms with E-state index in [2.05, 4.69) is 14.8 Å². The Labute approximate surface area is 107 Å². The molecule has 1 aliphatic heterocycles. The molecule has 0 radical (unpaired) electrons. The summed E-state index contributed by atoms with van der Waals surface area (Å²) in [6.45, 7) is 0. The Morgan fingerprint density at radius 3 is 2.50 bits per heavy atom. The predicted octanol–water partition coefficient (Wildman–Crippen LogP) is 2.69. The summed E-state index contributed by atoms with van der Waals surface area (Å²) in [6.07, 6.45) is 8.64. The van der Waals surface area contributed by atoms with Gasteiger partial charge in [0.1, 0.15) is 0 Å². The van der Waals surface area contributed by atoms with Crippen molar-refractivity contribution >= 4 is 11.9 Å². The standard InChI is InChI=1S/C13H20O5/c14-12-8-4-7-11(13(15)17-18-16-12)9-10-5-2-1-3-6-10/h10-11H,1-9H2. The van der Waals surface area contributed by atoms with Crippen molar-refractivity contribution in [3.05, 3.63) is 0 Å². The van der Waals surface area contributed by atoms with E-state index in [4.69, 9.17) is 0 Å². The molecule has 102 valence electrons. The fourth-order valence-electron chi connectivity index (χ4n) is 2.85. The fourth-order valence-corrected chi connectivity index (χ4v) is 2.85. The van der Waals surface area contributed by atoms with Gasteiger partial charge in [0.25, 0.3) is 0 Å². The second-order valence-electron chi connectivity index (χ2n) is 5.25. The van der Waals surface area contributed by atoms with Gasteiger partial charge in [-0.05, 0) is 25.2 Å². The molecule has 18 heavy (non-hydrogen) atoms. The lowest BCUT2D eigenvalue weighted by atomic mass is 9.81. The number of hydrogen-bond acceptors (Lipinski definition) is 5. The van der Waals surface area contributed by atoms with E-state index < -0.39 is 11.9 Å². The van der Waals surface area contributed by atoms with Crippen LogP contribution in [0.3, 0.4) is 0 Å². The van der Waals surface area contributed by atoms with Gasteiger partial charge in [-0.2, -0.15) is 0 Å². The van der Waals surface area contributed by atoms with Crippen LogP contribution in [0, 0.1) is 11.8 Å². The third kappa shape index (κ3) is 3.98. The molecule has 0 bridgehead atoms. The third-order valence-electron chi connectivity index (χ3n) is 3.85. The fraction of sp³-hybridized carbons (Fsp3) is 0.846. The van der Waals surface area contributed by atoms with Crippen LogP contribution in [0.15, 0.2) is 0 Å². The summed E-state index contributed by atoms with van der Waals surface area (Å²) in [4.78, 5) is 31.6. The van der Waals surface area contributed by atoms with Crippen LogP contribution in [0.4, 0.5) is 0 Å². The Balaban J connectivity index is 1.86. The normalized spacial score (nSPS) is 27.7. The molecule has 1 saturated carbocycles. The van der Waals surface area contributed by atoms with E-state index in [0.717, 1.165) is 6.42 Å². The molecule has 1 atom stereocenters.